The van der Waals surface area contributed by atoms with Crippen LogP contribution in [0, 0.1) is 34.5 Å². The van der Waals surface area contributed by atoms with E-state index in [1.54, 1.807) is 13.8 Å². The van der Waals surface area contributed by atoms with Crippen molar-refractivity contribution in [3.05, 3.63) is 0 Å². The van der Waals surface area contributed by atoms with E-state index in [2.05, 4.69) is 16.9 Å². The van der Waals surface area contributed by atoms with Gasteiger partial charge in [-0.05, 0) is 70.1 Å². The maximum absolute atomic E-state index is 12.6. The summed E-state index contributed by atoms with van der Waals surface area (Å²) in [7, 11) is 0. The fourth-order valence-corrected chi connectivity index (χ4v) is 4.76. The number of hydrazine groups is 1. The zero-order chi connectivity index (χ0) is 13.7. The van der Waals surface area contributed by atoms with Gasteiger partial charge in [0.15, 0.2) is 0 Å². The van der Waals surface area contributed by atoms with E-state index in [1.807, 2.05) is 0 Å². The molecule has 0 aromatic carbocycles. The van der Waals surface area contributed by atoms with Gasteiger partial charge in [0.2, 0.25) is 5.91 Å². The van der Waals surface area contributed by atoms with E-state index in [4.69, 9.17) is 5.26 Å². The Morgan fingerprint density at radius 2 is 1.63 bits per heavy atom. The fourth-order valence-electron chi connectivity index (χ4n) is 4.76. The fraction of sp³-hybridized carbons (Fsp3) is 0.867. The molecular weight excluding hydrogens is 238 g/mol. The van der Waals surface area contributed by atoms with Gasteiger partial charge in [-0.3, -0.25) is 10.2 Å². The minimum Gasteiger partial charge on any atom is -0.290 e. The molecule has 1 amide bonds. The van der Waals surface area contributed by atoms with E-state index in [0.717, 1.165) is 37.0 Å². The van der Waals surface area contributed by atoms with Crippen molar-refractivity contribution in [1.82, 2.24) is 10.9 Å². The van der Waals surface area contributed by atoms with Crippen LogP contribution in [0.5, 0.6) is 0 Å². The molecule has 104 valence electrons. The molecule has 4 aliphatic carbocycles. The maximum atomic E-state index is 12.6. The Morgan fingerprint density at radius 1 is 1.16 bits per heavy atom. The number of carbonyl (C=O) groups is 1. The molecule has 4 nitrogen and oxygen atoms in total. The van der Waals surface area contributed by atoms with Gasteiger partial charge in [-0.15, -0.1) is 0 Å². The lowest BCUT2D eigenvalue weighted by atomic mass is 9.49. The molecule has 2 N–H and O–H groups in total. The number of nitrogens with zero attached hydrogens (tertiary/aromatic N) is 1. The second-order valence-electron chi connectivity index (χ2n) is 7.51. The molecule has 19 heavy (non-hydrogen) atoms. The first-order chi connectivity index (χ1) is 8.92. The summed E-state index contributed by atoms with van der Waals surface area (Å²) in [5.41, 5.74) is 4.84. The highest BCUT2D eigenvalue weighted by Crippen LogP contribution is 2.60. The third-order valence-corrected chi connectivity index (χ3v) is 5.29. The van der Waals surface area contributed by atoms with E-state index >= 15 is 0 Å². The molecule has 0 radical (unpaired) electrons. The molecule has 4 fully saturated rings. The first-order valence-electron chi connectivity index (χ1n) is 7.41. The van der Waals surface area contributed by atoms with Crippen molar-refractivity contribution in [3.8, 4) is 6.07 Å². The van der Waals surface area contributed by atoms with Crippen molar-refractivity contribution >= 4 is 5.91 Å². The van der Waals surface area contributed by atoms with Crippen molar-refractivity contribution in [2.75, 3.05) is 0 Å². The highest BCUT2D eigenvalue weighted by Gasteiger charge is 2.54. The molecule has 0 saturated heterocycles. The summed E-state index contributed by atoms with van der Waals surface area (Å²) in [5, 5.41) is 8.98. The topological polar surface area (TPSA) is 64.9 Å². The highest BCUT2D eigenvalue weighted by atomic mass is 16.2. The lowest BCUT2D eigenvalue weighted by Gasteiger charge is -2.55. The van der Waals surface area contributed by atoms with Crippen molar-refractivity contribution in [2.45, 2.75) is 57.9 Å². The number of nitriles is 1. The third-order valence-electron chi connectivity index (χ3n) is 5.29. The molecule has 0 aromatic heterocycles. The predicted octanol–water partition coefficient (Wildman–Crippen LogP) is 2.13. The van der Waals surface area contributed by atoms with Crippen LogP contribution in [0.3, 0.4) is 0 Å². The number of nitrogens with one attached hydrogen (secondary N) is 2. The summed E-state index contributed by atoms with van der Waals surface area (Å²) in [6.45, 7) is 3.54. The van der Waals surface area contributed by atoms with Crippen LogP contribution in [-0.2, 0) is 4.79 Å². The first-order valence-corrected chi connectivity index (χ1v) is 7.41. The van der Waals surface area contributed by atoms with E-state index in [1.165, 1.54) is 19.3 Å². The molecule has 4 rings (SSSR count). The van der Waals surface area contributed by atoms with Crippen LogP contribution >= 0.6 is 0 Å². The Hall–Kier alpha value is -1.08. The van der Waals surface area contributed by atoms with Crippen LogP contribution in [0.1, 0.15) is 52.4 Å². The van der Waals surface area contributed by atoms with Gasteiger partial charge >= 0.3 is 0 Å². The summed E-state index contributed by atoms with van der Waals surface area (Å²) < 4.78 is 0. The summed E-state index contributed by atoms with van der Waals surface area (Å²) in [6.07, 6.45) is 7.18. The molecule has 4 bridgehead atoms. The maximum Gasteiger partial charge on any atom is 0.240 e. The molecule has 4 aliphatic rings. The van der Waals surface area contributed by atoms with Crippen molar-refractivity contribution in [3.63, 3.8) is 0 Å². The van der Waals surface area contributed by atoms with Gasteiger partial charge in [-0.2, -0.15) is 5.26 Å². The van der Waals surface area contributed by atoms with Gasteiger partial charge in [0.1, 0.15) is 5.54 Å². The van der Waals surface area contributed by atoms with Crippen molar-refractivity contribution < 1.29 is 4.79 Å². The monoisotopic (exact) mass is 261 g/mol. The van der Waals surface area contributed by atoms with Crippen LogP contribution in [0.4, 0.5) is 0 Å². The molecule has 0 heterocycles. The van der Waals surface area contributed by atoms with Crippen LogP contribution in [0.15, 0.2) is 0 Å². The van der Waals surface area contributed by atoms with Gasteiger partial charge in [0.25, 0.3) is 0 Å². The summed E-state index contributed by atoms with van der Waals surface area (Å²) >= 11 is 0. The third kappa shape index (κ3) is 2.25. The number of hydrogen-bond donors (Lipinski definition) is 2. The minimum absolute atomic E-state index is 0.120. The Bertz CT molecular complexity index is 400. The van der Waals surface area contributed by atoms with E-state index in [9.17, 15) is 4.79 Å². The SMILES string of the molecule is CC(C)(C#N)NNC(=O)C12CC3CC(CC(C3)C1)C2. The van der Waals surface area contributed by atoms with Crippen LogP contribution in [0.2, 0.25) is 0 Å². The highest BCUT2D eigenvalue weighted by molar-refractivity contribution is 5.82. The van der Waals surface area contributed by atoms with E-state index < -0.39 is 5.54 Å². The summed E-state index contributed by atoms with van der Waals surface area (Å²) in [4.78, 5) is 12.6. The molecular formula is C15H23N3O. The molecule has 0 unspecified atom stereocenters. The normalized spacial score (nSPS) is 39.9. The number of carbonyl (C=O) groups excluding carboxylic acids is 1. The lowest BCUT2D eigenvalue weighted by molar-refractivity contribution is -0.147. The lowest BCUT2D eigenvalue weighted by Crippen LogP contribution is -2.59. The van der Waals surface area contributed by atoms with Crippen molar-refractivity contribution in [1.29, 1.82) is 5.26 Å². The number of rotatable bonds is 3. The molecule has 0 aromatic rings. The number of hydrogen-bond acceptors (Lipinski definition) is 3. The summed E-state index contributed by atoms with van der Waals surface area (Å²) in [5.74, 6) is 2.41. The van der Waals surface area contributed by atoms with Gasteiger partial charge in [0, 0.05) is 0 Å². The average molecular weight is 261 g/mol. The zero-order valence-electron chi connectivity index (χ0n) is 11.8. The minimum atomic E-state index is -0.710. The molecule has 0 aliphatic heterocycles. The van der Waals surface area contributed by atoms with Gasteiger partial charge in [-0.1, -0.05) is 0 Å². The zero-order valence-corrected chi connectivity index (χ0v) is 11.8. The Balaban J connectivity index is 1.68. The van der Waals surface area contributed by atoms with Gasteiger partial charge < -0.3 is 0 Å². The molecule has 0 spiro atoms. The predicted molar refractivity (Wildman–Crippen MR) is 71.6 cm³/mol. The van der Waals surface area contributed by atoms with Gasteiger partial charge in [0.05, 0.1) is 11.5 Å². The number of amides is 1. The van der Waals surface area contributed by atoms with E-state index in [-0.39, 0.29) is 11.3 Å². The largest absolute Gasteiger partial charge is 0.290 e. The Labute approximate surface area is 114 Å². The quantitative estimate of drug-likeness (QED) is 0.765. The van der Waals surface area contributed by atoms with E-state index in [0.29, 0.717) is 0 Å². The smallest absolute Gasteiger partial charge is 0.240 e. The second kappa shape index (κ2) is 4.21. The van der Waals surface area contributed by atoms with Crippen LogP contribution < -0.4 is 10.9 Å². The molecule has 4 heteroatoms. The molecule has 0 atom stereocenters. The second-order valence-corrected chi connectivity index (χ2v) is 7.51. The average Bonchev–Trinajstić information content (AvgIpc) is 2.34. The summed E-state index contributed by atoms with van der Waals surface area (Å²) in [6, 6.07) is 2.14. The van der Waals surface area contributed by atoms with Crippen LogP contribution in [0.25, 0.3) is 0 Å². The van der Waals surface area contributed by atoms with Crippen molar-refractivity contribution in [2.24, 2.45) is 23.2 Å². The van der Waals surface area contributed by atoms with Crippen LogP contribution in [-0.4, -0.2) is 11.4 Å². The Morgan fingerprint density at radius 3 is 2.05 bits per heavy atom. The first kappa shape index (κ1) is 12.9. The molecule has 4 saturated carbocycles. The Kier molecular flexibility index (Phi) is 2.86. The standard InChI is InChI=1S/C15H23N3O/c1-14(2,9-16)18-17-13(19)15-6-10-3-11(7-15)5-12(4-10)8-15/h10-12,18H,3-8H2,1-2H3,(H,17,19). The van der Waals surface area contributed by atoms with Gasteiger partial charge in [-0.25, -0.2) is 5.43 Å².